The van der Waals surface area contributed by atoms with Gasteiger partial charge in [-0.15, -0.1) is 0 Å². The van der Waals surface area contributed by atoms with Gasteiger partial charge in [0.15, 0.2) is 0 Å². The molecular weight excluding hydrogens is 240 g/mol. The van der Waals surface area contributed by atoms with E-state index >= 15 is 0 Å². The van der Waals surface area contributed by atoms with Crippen LogP contribution in [-0.4, -0.2) is 16.0 Å². The van der Waals surface area contributed by atoms with Crippen LogP contribution in [0.1, 0.15) is 0 Å². The Balaban J connectivity index is 1.98. The highest BCUT2D eigenvalue weighted by atomic mass is 35.5. The number of rotatable bonds is 2. The lowest BCUT2D eigenvalue weighted by atomic mass is 10.4. The van der Waals surface area contributed by atoms with Gasteiger partial charge in [0.25, 0.3) is 0 Å². The second-order valence-electron chi connectivity index (χ2n) is 3.16. The number of carbonyl (C=O) groups excluding carboxylic acids is 1. The third kappa shape index (κ3) is 3.42. The fourth-order valence-corrected chi connectivity index (χ4v) is 1.37. The second-order valence-corrected chi connectivity index (χ2v) is 3.55. The van der Waals surface area contributed by atoms with Crippen LogP contribution in [0.2, 0.25) is 5.15 Å². The summed E-state index contributed by atoms with van der Waals surface area (Å²) < 4.78 is 0. The molecule has 0 saturated carbocycles. The van der Waals surface area contributed by atoms with Crippen molar-refractivity contribution in [2.24, 2.45) is 0 Å². The molecule has 0 bridgehead atoms. The van der Waals surface area contributed by atoms with Gasteiger partial charge in [0.2, 0.25) is 0 Å². The van der Waals surface area contributed by atoms with E-state index in [1.54, 1.807) is 36.5 Å². The number of hydrogen-bond acceptors (Lipinski definition) is 3. The van der Waals surface area contributed by atoms with Gasteiger partial charge in [-0.25, -0.2) is 14.8 Å². The quantitative estimate of drug-likeness (QED) is 0.803. The van der Waals surface area contributed by atoms with E-state index in [4.69, 9.17) is 11.6 Å². The lowest BCUT2D eigenvalue weighted by molar-refractivity contribution is 0.262. The standard InChI is InChI=1S/C11H9ClN4O/c12-9-7-8(4-6-13-9)15-11(17)16-10-3-1-2-5-14-10/h1-7H,(H2,13,14,15,16,17). The van der Waals surface area contributed by atoms with Crippen LogP contribution in [0.5, 0.6) is 0 Å². The normalized spacial score (nSPS) is 9.71. The van der Waals surface area contributed by atoms with Gasteiger partial charge < -0.3 is 5.32 Å². The average molecular weight is 249 g/mol. The van der Waals surface area contributed by atoms with E-state index in [1.165, 1.54) is 6.20 Å². The van der Waals surface area contributed by atoms with Crippen molar-refractivity contribution in [3.63, 3.8) is 0 Å². The Kier molecular flexibility index (Phi) is 3.52. The largest absolute Gasteiger partial charge is 0.324 e. The summed E-state index contributed by atoms with van der Waals surface area (Å²) >= 11 is 5.69. The van der Waals surface area contributed by atoms with Gasteiger partial charge in [-0.3, -0.25) is 5.32 Å². The van der Waals surface area contributed by atoms with Gasteiger partial charge in [0.05, 0.1) is 0 Å². The SMILES string of the molecule is O=C(Nc1ccnc(Cl)c1)Nc1ccccn1. The van der Waals surface area contributed by atoms with Crippen LogP contribution in [-0.2, 0) is 0 Å². The molecule has 2 N–H and O–H groups in total. The first-order valence-corrected chi connectivity index (χ1v) is 5.22. The highest BCUT2D eigenvalue weighted by molar-refractivity contribution is 6.29. The summed E-state index contributed by atoms with van der Waals surface area (Å²) in [6, 6.07) is 8.06. The Morgan fingerprint density at radius 3 is 2.71 bits per heavy atom. The number of nitrogens with zero attached hydrogens (tertiary/aromatic N) is 2. The number of carbonyl (C=O) groups is 1. The highest BCUT2D eigenvalue weighted by Crippen LogP contribution is 2.12. The number of aromatic nitrogens is 2. The van der Waals surface area contributed by atoms with Crippen LogP contribution >= 0.6 is 11.6 Å². The molecule has 2 heterocycles. The summed E-state index contributed by atoms with van der Waals surface area (Å²) in [7, 11) is 0. The van der Waals surface area contributed by atoms with Crippen molar-refractivity contribution >= 4 is 29.1 Å². The highest BCUT2D eigenvalue weighted by Gasteiger charge is 2.03. The van der Waals surface area contributed by atoms with Crippen molar-refractivity contribution in [3.05, 3.63) is 47.9 Å². The fraction of sp³-hybridized carbons (Fsp3) is 0. The van der Waals surface area contributed by atoms with Gasteiger partial charge in [-0.2, -0.15) is 0 Å². The zero-order valence-electron chi connectivity index (χ0n) is 8.72. The molecule has 0 aliphatic carbocycles. The van der Waals surface area contributed by atoms with Crippen molar-refractivity contribution < 1.29 is 4.79 Å². The van der Waals surface area contributed by atoms with Crippen LogP contribution in [0.15, 0.2) is 42.7 Å². The third-order valence-corrected chi connectivity index (χ3v) is 2.10. The fourth-order valence-electron chi connectivity index (χ4n) is 1.20. The van der Waals surface area contributed by atoms with E-state index in [0.29, 0.717) is 16.7 Å². The number of nitrogens with one attached hydrogen (secondary N) is 2. The number of pyridine rings is 2. The Morgan fingerprint density at radius 2 is 2.00 bits per heavy atom. The lowest BCUT2D eigenvalue weighted by Crippen LogP contribution is -2.19. The van der Waals surface area contributed by atoms with Crippen molar-refractivity contribution in [1.29, 1.82) is 0 Å². The summed E-state index contributed by atoms with van der Waals surface area (Å²) in [4.78, 5) is 19.3. The molecule has 2 rings (SSSR count). The maximum atomic E-state index is 11.6. The smallest absolute Gasteiger partial charge is 0.308 e. The lowest BCUT2D eigenvalue weighted by Gasteiger charge is -2.06. The molecule has 2 amide bonds. The molecule has 0 spiro atoms. The average Bonchev–Trinajstić information content (AvgIpc) is 2.30. The zero-order chi connectivity index (χ0) is 12.1. The van der Waals surface area contributed by atoms with Crippen LogP contribution in [0.4, 0.5) is 16.3 Å². The summed E-state index contributed by atoms with van der Waals surface area (Å²) in [5.41, 5.74) is 0.568. The minimum atomic E-state index is -0.383. The molecule has 5 nitrogen and oxygen atoms in total. The van der Waals surface area contributed by atoms with Crippen LogP contribution in [0.3, 0.4) is 0 Å². The molecule has 0 aliphatic rings. The van der Waals surface area contributed by atoms with Gasteiger partial charge in [-0.1, -0.05) is 17.7 Å². The molecule has 0 atom stereocenters. The van der Waals surface area contributed by atoms with Crippen LogP contribution < -0.4 is 10.6 Å². The molecule has 0 unspecified atom stereocenters. The molecule has 86 valence electrons. The Morgan fingerprint density at radius 1 is 1.12 bits per heavy atom. The molecule has 0 aromatic carbocycles. The molecular formula is C11H9ClN4O. The minimum Gasteiger partial charge on any atom is -0.308 e. The molecule has 2 aromatic rings. The van der Waals surface area contributed by atoms with Gasteiger partial charge in [0.1, 0.15) is 11.0 Å². The molecule has 0 aliphatic heterocycles. The van der Waals surface area contributed by atoms with Crippen molar-refractivity contribution in [1.82, 2.24) is 9.97 Å². The first-order chi connectivity index (χ1) is 8.24. The Bertz CT molecular complexity index is 518. The van der Waals surface area contributed by atoms with E-state index in [1.807, 2.05) is 0 Å². The van der Waals surface area contributed by atoms with E-state index in [2.05, 4.69) is 20.6 Å². The number of halogens is 1. The molecule has 6 heteroatoms. The molecule has 2 aromatic heterocycles. The van der Waals surface area contributed by atoms with E-state index in [0.717, 1.165) is 0 Å². The number of urea groups is 1. The molecule has 0 saturated heterocycles. The first kappa shape index (κ1) is 11.3. The summed E-state index contributed by atoms with van der Waals surface area (Å²) in [5, 5.41) is 5.52. The second kappa shape index (κ2) is 5.27. The Hall–Kier alpha value is -2.14. The topological polar surface area (TPSA) is 66.9 Å². The zero-order valence-corrected chi connectivity index (χ0v) is 9.48. The monoisotopic (exact) mass is 248 g/mol. The summed E-state index contributed by atoms with van der Waals surface area (Å²) in [6.07, 6.45) is 3.11. The molecule has 0 fully saturated rings. The van der Waals surface area contributed by atoms with Crippen molar-refractivity contribution in [3.8, 4) is 0 Å². The van der Waals surface area contributed by atoms with Gasteiger partial charge in [0, 0.05) is 18.1 Å². The van der Waals surface area contributed by atoms with Crippen LogP contribution in [0.25, 0.3) is 0 Å². The Labute approximate surface area is 103 Å². The van der Waals surface area contributed by atoms with Gasteiger partial charge >= 0.3 is 6.03 Å². The van der Waals surface area contributed by atoms with E-state index in [9.17, 15) is 4.79 Å². The predicted molar refractivity (Wildman–Crippen MR) is 66.1 cm³/mol. The van der Waals surface area contributed by atoms with Crippen molar-refractivity contribution in [2.45, 2.75) is 0 Å². The summed E-state index contributed by atoms with van der Waals surface area (Å²) in [6.45, 7) is 0. The van der Waals surface area contributed by atoms with Gasteiger partial charge in [-0.05, 0) is 24.3 Å². The molecule has 17 heavy (non-hydrogen) atoms. The van der Waals surface area contributed by atoms with E-state index in [-0.39, 0.29) is 6.03 Å². The predicted octanol–water partition coefficient (Wildman–Crippen LogP) is 2.77. The molecule has 0 radical (unpaired) electrons. The number of hydrogen-bond donors (Lipinski definition) is 2. The van der Waals surface area contributed by atoms with Crippen LogP contribution in [0, 0.1) is 0 Å². The van der Waals surface area contributed by atoms with Crippen molar-refractivity contribution in [2.75, 3.05) is 10.6 Å². The maximum absolute atomic E-state index is 11.6. The third-order valence-electron chi connectivity index (χ3n) is 1.89. The number of amides is 2. The number of anilines is 2. The maximum Gasteiger partial charge on any atom is 0.324 e. The van der Waals surface area contributed by atoms with E-state index < -0.39 is 0 Å². The first-order valence-electron chi connectivity index (χ1n) is 4.84. The minimum absolute atomic E-state index is 0.320. The summed E-state index contributed by atoms with van der Waals surface area (Å²) in [5.74, 6) is 0.477.